The minimum Gasteiger partial charge on any atom is -0.468 e. The molecule has 0 radical (unpaired) electrons. The van der Waals surface area contributed by atoms with Gasteiger partial charge in [-0.25, -0.2) is 15.2 Å². The molecule has 3 aliphatic rings. The van der Waals surface area contributed by atoms with E-state index in [1.54, 1.807) is 27.9 Å². The number of hydrogen-bond donors (Lipinski definition) is 2. The number of methoxy groups -OCH3 is 2. The number of esters is 2. The molecule has 0 saturated carbocycles. The van der Waals surface area contributed by atoms with Crippen LogP contribution >= 0.6 is 11.3 Å². The smallest absolute Gasteiger partial charge is 0.408 e. The van der Waals surface area contributed by atoms with Crippen molar-refractivity contribution >= 4 is 51.9 Å². The third kappa shape index (κ3) is 11.2. The van der Waals surface area contributed by atoms with E-state index in [0.717, 1.165) is 82.8 Å². The van der Waals surface area contributed by atoms with Gasteiger partial charge in [-0.3, -0.25) is 24.4 Å². The number of benzene rings is 1. The first-order valence-corrected chi connectivity index (χ1v) is 24.0. The average Bonchev–Trinajstić information content (AvgIpc) is 3.86. The third-order valence-electron chi connectivity index (χ3n) is 12.3. The monoisotopic (exact) mass is 929 g/mol. The SMILES string of the molecule is COC(=O)[C@@H]1CCCN(C(=O)[C@H](Cc2nc(-c3cc4c5c(c3)c(CC(C)(C)COC(C)=O)c(-c3cc(N6C[C@@H](C)O[C@@H](C)C6)cnc3[C@H](C)OC)n5CCC4)cs2)NC(=O)OC(C)(C)C)N1. The summed E-state index contributed by atoms with van der Waals surface area (Å²) in [5.74, 6) is -1.20. The maximum Gasteiger partial charge on any atom is 0.408 e. The molecule has 2 amide bonds. The number of nitrogens with one attached hydrogen (secondary N) is 2. The molecule has 3 aromatic heterocycles. The maximum absolute atomic E-state index is 14.2. The Bertz CT molecular complexity index is 2430. The van der Waals surface area contributed by atoms with Gasteiger partial charge in [0.1, 0.15) is 17.7 Å². The van der Waals surface area contributed by atoms with Crippen molar-refractivity contribution < 1.29 is 42.9 Å². The van der Waals surface area contributed by atoms with Crippen LogP contribution in [0.2, 0.25) is 0 Å². The summed E-state index contributed by atoms with van der Waals surface area (Å²) in [6.07, 6.45) is 4.65. The van der Waals surface area contributed by atoms with Crippen LogP contribution in [-0.2, 0) is 63.9 Å². The number of carbonyl (C=O) groups is 4. The van der Waals surface area contributed by atoms with Gasteiger partial charge in [-0.05, 0) is 103 Å². The highest BCUT2D eigenvalue weighted by Gasteiger charge is 2.36. The largest absolute Gasteiger partial charge is 0.468 e. The molecule has 4 aromatic rings. The van der Waals surface area contributed by atoms with Crippen molar-refractivity contribution in [1.29, 1.82) is 0 Å². The molecule has 2 saturated heterocycles. The highest BCUT2D eigenvalue weighted by atomic mass is 32.1. The van der Waals surface area contributed by atoms with Crippen LogP contribution in [0.5, 0.6) is 0 Å². The van der Waals surface area contributed by atoms with E-state index in [4.69, 9.17) is 33.7 Å². The Labute approximate surface area is 392 Å². The fraction of sp³-hybridized carbons (Fsp3) is 0.592. The number of hydrogen-bond acceptors (Lipinski definition) is 14. The quantitative estimate of drug-likeness (QED) is 0.0951. The molecule has 6 heterocycles. The van der Waals surface area contributed by atoms with Gasteiger partial charge in [0.15, 0.2) is 0 Å². The molecule has 3 aliphatic heterocycles. The predicted octanol–water partition coefficient (Wildman–Crippen LogP) is 7.33. The molecular weight excluding hydrogens is 863 g/mol. The van der Waals surface area contributed by atoms with Crippen molar-refractivity contribution in [2.75, 3.05) is 45.4 Å². The van der Waals surface area contributed by atoms with Crippen LogP contribution in [0.25, 0.3) is 33.4 Å². The normalized spacial score (nSPS) is 19.9. The van der Waals surface area contributed by atoms with E-state index in [0.29, 0.717) is 30.8 Å². The molecule has 16 nitrogen and oxygen atoms in total. The number of hydrazine groups is 1. The molecule has 0 aliphatic carbocycles. The molecule has 0 unspecified atom stereocenters. The highest BCUT2D eigenvalue weighted by molar-refractivity contribution is 7.10. The van der Waals surface area contributed by atoms with Crippen molar-refractivity contribution in [2.24, 2.45) is 5.41 Å². The number of carbonyl (C=O) groups excluding carboxylic acids is 4. The number of ether oxygens (including phenoxy) is 5. The Morgan fingerprint density at radius 3 is 2.45 bits per heavy atom. The molecule has 66 heavy (non-hydrogen) atoms. The summed E-state index contributed by atoms with van der Waals surface area (Å²) in [6.45, 7) is 20.1. The van der Waals surface area contributed by atoms with Crippen LogP contribution in [0.4, 0.5) is 10.5 Å². The van der Waals surface area contributed by atoms with Gasteiger partial charge in [0.25, 0.3) is 5.91 Å². The Hall–Kier alpha value is -5.10. The molecule has 5 atom stereocenters. The van der Waals surface area contributed by atoms with E-state index in [1.807, 2.05) is 18.5 Å². The fourth-order valence-electron chi connectivity index (χ4n) is 9.41. The molecular formula is C49H67N7O9S. The fourth-order valence-corrected chi connectivity index (χ4v) is 10.3. The van der Waals surface area contributed by atoms with E-state index < -0.39 is 41.1 Å². The molecule has 358 valence electrons. The zero-order valence-electron chi connectivity index (χ0n) is 40.4. The van der Waals surface area contributed by atoms with Gasteiger partial charge in [0.05, 0.1) is 71.5 Å². The maximum atomic E-state index is 14.2. The average molecular weight is 930 g/mol. The summed E-state index contributed by atoms with van der Waals surface area (Å²) in [5, 5.41) is 7.91. The molecule has 7 rings (SSSR count). The van der Waals surface area contributed by atoms with E-state index in [2.05, 4.69) is 66.1 Å². The van der Waals surface area contributed by atoms with Crippen molar-refractivity contribution in [3.8, 4) is 22.5 Å². The van der Waals surface area contributed by atoms with E-state index >= 15 is 0 Å². The summed E-state index contributed by atoms with van der Waals surface area (Å²) in [5.41, 5.74) is 10.9. The molecule has 2 N–H and O–H groups in total. The van der Waals surface area contributed by atoms with Crippen LogP contribution in [0.3, 0.4) is 0 Å². The topological polar surface area (TPSA) is 176 Å². The number of aryl methyl sites for hydroxylation is 2. The lowest BCUT2D eigenvalue weighted by Gasteiger charge is -2.37. The van der Waals surface area contributed by atoms with Gasteiger partial charge in [-0.2, -0.15) is 0 Å². The second kappa shape index (κ2) is 20.0. The molecule has 2 fully saturated rings. The second-order valence-corrected chi connectivity index (χ2v) is 20.7. The van der Waals surface area contributed by atoms with Crippen LogP contribution in [-0.4, -0.2) is 114 Å². The number of anilines is 1. The summed E-state index contributed by atoms with van der Waals surface area (Å²) >= 11 is 1.41. The number of morpholine rings is 1. The standard InChI is InChI=1S/C49H67N7O9S/c1-28-24-54(25-29(2)64-28)34-20-36(42(50-23-34)30(3)61-10)44-37(22-49(8,9)27-63-31(4)57)35-19-33(18-32-14-12-16-55(44)43(32)35)40-26-66-41(51-40)21-39(52-47(60)65-48(5,6)7)45(58)56-17-13-15-38(53-56)46(59)62-11/h18-20,23,26,28-30,38-39,53H,12-17,21-22,24-25,27H2,1-11H3,(H,52,60)/t28-,29+,30-,38-,39-/m0/s1. The molecule has 0 spiro atoms. The third-order valence-corrected chi connectivity index (χ3v) is 13.2. The zero-order valence-corrected chi connectivity index (χ0v) is 41.2. The van der Waals surface area contributed by atoms with Crippen molar-refractivity contribution in [3.63, 3.8) is 0 Å². The minimum atomic E-state index is -1.04. The minimum absolute atomic E-state index is 0.0664. The van der Waals surface area contributed by atoms with Gasteiger partial charge < -0.3 is 38.5 Å². The summed E-state index contributed by atoms with van der Waals surface area (Å²) in [7, 11) is 3.02. The number of alkyl carbamates (subject to hydrolysis) is 1. The van der Waals surface area contributed by atoms with Gasteiger partial charge >= 0.3 is 18.0 Å². The van der Waals surface area contributed by atoms with Crippen LogP contribution in [0.1, 0.15) is 110 Å². The summed E-state index contributed by atoms with van der Waals surface area (Å²) in [6, 6.07) is 4.99. The first-order valence-electron chi connectivity index (χ1n) is 23.1. The number of pyridine rings is 1. The van der Waals surface area contributed by atoms with Crippen molar-refractivity contribution in [1.82, 2.24) is 30.3 Å². The summed E-state index contributed by atoms with van der Waals surface area (Å²) in [4.78, 5) is 64.5. The zero-order chi connectivity index (χ0) is 47.7. The lowest BCUT2D eigenvalue weighted by atomic mass is 9.84. The van der Waals surface area contributed by atoms with Gasteiger partial charge in [0.2, 0.25) is 0 Å². The van der Waals surface area contributed by atoms with Crippen LogP contribution < -0.4 is 15.6 Å². The Morgan fingerprint density at radius 1 is 1.03 bits per heavy atom. The predicted molar refractivity (Wildman–Crippen MR) is 253 cm³/mol. The number of rotatable bonds is 14. The van der Waals surface area contributed by atoms with Crippen molar-refractivity contribution in [3.05, 3.63) is 51.6 Å². The lowest BCUT2D eigenvalue weighted by molar-refractivity contribution is -0.150. The summed E-state index contributed by atoms with van der Waals surface area (Å²) < 4.78 is 30.7. The number of nitrogens with zero attached hydrogens (tertiary/aromatic N) is 5. The Morgan fingerprint density at radius 2 is 1.77 bits per heavy atom. The molecule has 0 bridgehead atoms. The van der Waals surface area contributed by atoms with Crippen LogP contribution in [0, 0.1) is 5.41 Å². The van der Waals surface area contributed by atoms with Crippen molar-refractivity contribution in [2.45, 2.75) is 143 Å². The number of thiazole rings is 1. The Balaban J connectivity index is 1.32. The first-order chi connectivity index (χ1) is 31.2. The number of aromatic nitrogens is 3. The first kappa shape index (κ1) is 48.8. The van der Waals surface area contributed by atoms with Gasteiger partial charge in [-0.1, -0.05) is 13.8 Å². The van der Waals surface area contributed by atoms with Crippen LogP contribution in [0.15, 0.2) is 29.8 Å². The van der Waals surface area contributed by atoms with Gasteiger partial charge in [0, 0.05) is 73.9 Å². The highest BCUT2D eigenvalue weighted by Crippen LogP contribution is 2.45. The molecule has 1 aromatic carbocycles. The number of amides is 2. The van der Waals surface area contributed by atoms with Gasteiger partial charge in [-0.15, -0.1) is 11.3 Å². The Kier molecular flexibility index (Phi) is 14.8. The second-order valence-electron chi connectivity index (χ2n) is 19.8. The van der Waals surface area contributed by atoms with E-state index in [-0.39, 0.29) is 37.3 Å². The van der Waals surface area contributed by atoms with E-state index in [9.17, 15) is 19.2 Å². The van der Waals surface area contributed by atoms with E-state index in [1.165, 1.54) is 35.9 Å². The lowest BCUT2D eigenvalue weighted by Crippen LogP contribution is -2.60. The molecule has 17 heteroatoms.